The van der Waals surface area contributed by atoms with Crippen LogP contribution in [-0.2, 0) is 4.74 Å². The van der Waals surface area contributed by atoms with Crippen LogP contribution in [-0.4, -0.2) is 48.8 Å². The minimum absolute atomic E-state index is 0.264. The Morgan fingerprint density at radius 2 is 2.33 bits per heavy atom. The van der Waals surface area contributed by atoms with E-state index in [9.17, 15) is 5.11 Å². The summed E-state index contributed by atoms with van der Waals surface area (Å²) < 4.78 is 7.09. The van der Waals surface area contributed by atoms with Crippen LogP contribution in [0.15, 0.2) is 6.33 Å². The summed E-state index contributed by atoms with van der Waals surface area (Å²) in [7, 11) is 0. The highest BCUT2D eigenvalue weighted by Crippen LogP contribution is 2.32. The second-order valence-electron chi connectivity index (χ2n) is 4.67. The molecule has 2 aromatic heterocycles. The third kappa shape index (κ3) is 2.21. The van der Waals surface area contributed by atoms with E-state index in [1.54, 1.807) is 0 Å². The number of nitrogens with two attached hydrogens (primary N) is 1. The monoisotopic (exact) mass is 288 g/mol. The largest absolute Gasteiger partial charge is 0.394 e. The Hall–Kier alpha value is -2.21. The lowest BCUT2D eigenvalue weighted by molar-refractivity contribution is -0.0470. The molecular formula is C13H14N5O3. The first-order valence-electron chi connectivity index (χ1n) is 6.37. The van der Waals surface area contributed by atoms with Crippen LogP contribution in [0.1, 0.15) is 18.3 Å². The van der Waals surface area contributed by atoms with Crippen LogP contribution in [0.4, 0.5) is 5.82 Å². The highest BCUT2D eigenvalue weighted by Gasteiger charge is 2.36. The molecule has 1 fully saturated rings. The topological polar surface area (TPSA) is 119 Å². The van der Waals surface area contributed by atoms with Crippen LogP contribution in [0, 0.1) is 18.8 Å². The van der Waals surface area contributed by atoms with E-state index >= 15 is 0 Å². The van der Waals surface area contributed by atoms with E-state index in [1.165, 1.54) is 11.0 Å². The standard InChI is InChI=1S/C13H14N5O3/c1-2-3-7-11-12(14)15-6-16-13(11)18(17-7)10-4-8(20)9(5-19)21-10/h6,8-10,19-20H,1,4-5H2,(H2,14,15,16)/t8?,9-,10-/m1/s1. The smallest absolute Gasteiger partial charge is 0.167 e. The van der Waals surface area contributed by atoms with Crippen LogP contribution >= 0.6 is 0 Å². The summed E-state index contributed by atoms with van der Waals surface area (Å²) in [4.78, 5) is 8.09. The molecule has 2 aromatic rings. The average molecular weight is 288 g/mol. The van der Waals surface area contributed by atoms with Crippen LogP contribution in [0.5, 0.6) is 0 Å². The lowest BCUT2D eigenvalue weighted by Gasteiger charge is -2.12. The molecule has 3 atom stereocenters. The van der Waals surface area contributed by atoms with Crippen molar-refractivity contribution in [2.75, 3.05) is 12.3 Å². The first-order chi connectivity index (χ1) is 10.2. The number of nitrogens with zero attached hydrogens (tertiary/aromatic N) is 4. The number of hydrogen-bond acceptors (Lipinski definition) is 7. The minimum atomic E-state index is -0.763. The van der Waals surface area contributed by atoms with E-state index in [0.717, 1.165) is 0 Å². The Balaban J connectivity index is 2.11. The number of fused-ring (bicyclic) bond motifs is 1. The van der Waals surface area contributed by atoms with Crippen LogP contribution < -0.4 is 5.73 Å². The first kappa shape index (κ1) is 13.8. The number of aromatic nitrogens is 4. The van der Waals surface area contributed by atoms with Crippen molar-refractivity contribution in [1.82, 2.24) is 19.7 Å². The van der Waals surface area contributed by atoms with Crippen molar-refractivity contribution in [1.29, 1.82) is 0 Å². The molecule has 3 rings (SSSR count). The number of rotatable bonds is 2. The molecule has 0 aromatic carbocycles. The van der Waals surface area contributed by atoms with Crippen molar-refractivity contribution in [2.24, 2.45) is 0 Å². The number of aliphatic hydroxyl groups excluding tert-OH is 2. The molecule has 0 bridgehead atoms. The molecule has 21 heavy (non-hydrogen) atoms. The summed E-state index contributed by atoms with van der Waals surface area (Å²) in [6, 6.07) is 0. The molecule has 1 radical (unpaired) electrons. The molecule has 1 unspecified atom stereocenters. The summed E-state index contributed by atoms with van der Waals surface area (Å²) in [6.07, 6.45) is -0.332. The Morgan fingerprint density at radius 3 is 3.00 bits per heavy atom. The van der Waals surface area contributed by atoms with Gasteiger partial charge < -0.3 is 20.7 Å². The lowest BCUT2D eigenvalue weighted by atomic mass is 10.2. The summed E-state index contributed by atoms with van der Waals surface area (Å²) >= 11 is 0. The number of anilines is 1. The minimum Gasteiger partial charge on any atom is -0.394 e. The zero-order valence-electron chi connectivity index (χ0n) is 11.1. The van der Waals surface area contributed by atoms with Gasteiger partial charge in [-0.05, 0) is 5.92 Å². The Bertz CT molecular complexity index is 732. The predicted molar refractivity (Wildman–Crippen MR) is 73.6 cm³/mol. The molecule has 0 spiro atoms. The van der Waals surface area contributed by atoms with Gasteiger partial charge in [-0.15, -0.1) is 0 Å². The fourth-order valence-electron chi connectivity index (χ4n) is 2.40. The maximum atomic E-state index is 9.84. The number of nitrogen functional groups attached to an aromatic ring is 1. The fraction of sp³-hybridized carbons (Fsp3) is 0.385. The van der Waals surface area contributed by atoms with Gasteiger partial charge in [0.25, 0.3) is 0 Å². The zero-order chi connectivity index (χ0) is 15.0. The quantitative estimate of drug-likeness (QED) is 0.621. The molecular weight excluding hydrogens is 274 g/mol. The molecule has 1 saturated heterocycles. The van der Waals surface area contributed by atoms with Crippen molar-refractivity contribution in [3.63, 3.8) is 0 Å². The van der Waals surface area contributed by atoms with Crippen LogP contribution in [0.3, 0.4) is 0 Å². The maximum Gasteiger partial charge on any atom is 0.167 e. The Morgan fingerprint density at radius 1 is 1.52 bits per heavy atom. The molecule has 3 heterocycles. The van der Waals surface area contributed by atoms with Gasteiger partial charge in [-0.3, -0.25) is 0 Å². The molecule has 4 N–H and O–H groups in total. The maximum absolute atomic E-state index is 9.84. The van der Waals surface area contributed by atoms with E-state index in [-0.39, 0.29) is 12.4 Å². The highest BCUT2D eigenvalue weighted by atomic mass is 16.5. The predicted octanol–water partition coefficient (Wildman–Crippen LogP) is -0.765. The second kappa shape index (κ2) is 5.29. The van der Waals surface area contributed by atoms with Crippen molar-refractivity contribution < 1.29 is 14.9 Å². The summed E-state index contributed by atoms with van der Waals surface area (Å²) in [6.45, 7) is 3.20. The Kier molecular flexibility index (Phi) is 3.47. The van der Waals surface area contributed by atoms with Gasteiger partial charge >= 0.3 is 0 Å². The SMILES string of the molecule is [CH2]C#Cc1nn([C@H]2CC(O)[C@@H](CO)O2)c2ncnc(N)c12. The molecule has 0 saturated carbocycles. The Labute approximate surface area is 120 Å². The molecule has 8 nitrogen and oxygen atoms in total. The van der Waals surface area contributed by atoms with Crippen LogP contribution in [0.25, 0.3) is 11.0 Å². The number of hydrogen-bond donors (Lipinski definition) is 3. The van der Waals surface area contributed by atoms with E-state index in [4.69, 9.17) is 15.6 Å². The van der Waals surface area contributed by atoms with Crippen molar-refractivity contribution in [3.8, 4) is 11.8 Å². The van der Waals surface area contributed by atoms with Gasteiger partial charge in [-0.1, -0.05) is 5.92 Å². The molecule has 0 amide bonds. The van der Waals surface area contributed by atoms with Gasteiger partial charge in [0.15, 0.2) is 11.9 Å². The fourth-order valence-corrected chi connectivity index (χ4v) is 2.40. The number of aliphatic hydroxyl groups is 2. The van der Waals surface area contributed by atoms with Crippen LogP contribution in [0.2, 0.25) is 0 Å². The molecule has 109 valence electrons. The van der Waals surface area contributed by atoms with Gasteiger partial charge in [0.1, 0.15) is 23.9 Å². The van der Waals surface area contributed by atoms with Crippen molar-refractivity contribution >= 4 is 16.9 Å². The van der Waals surface area contributed by atoms with E-state index in [0.29, 0.717) is 23.1 Å². The average Bonchev–Trinajstić information content (AvgIpc) is 3.01. The highest BCUT2D eigenvalue weighted by molar-refractivity contribution is 5.90. The molecule has 1 aliphatic rings. The van der Waals surface area contributed by atoms with Gasteiger partial charge in [0, 0.05) is 13.3 Å². The van der Waals surface area contributed by atoms with E-state index in [2.05, 4.69) is 33.8 Å². The molecule has 8 heteroatoms. The van der Waals surface area contributed by atoms with Gasteiger partial charge in [-0.2, -0.15) is 5.10 Å². The van der Waals surface area contributed by atoms with Crippen molar-refractivity contribution in [3.05, 3.63) is 18.9 Å². The van der Waals surface area contributed by atoms with Crippen molar-refractivity contribution in [2.45, 2.75) is 24.9 Å². The summed E-state index contributed by atoms with van der Waals surface area (Å²) in [5.74, 6) is 5.54. The van der Waals surface area contributed by atoms with Gasteiger partial charge in [0.2, 0.25) is 0 Å². The lowest BCUT2D eigenvalue weighted by Crippen LogP contribution is -2.24. The third-order valence-electron chi connectivity index (χ3n) is 3.38. The second-order valence-corrected chi connectivity index (χ2v) is 4.67. The van der Waals surface area contributed by atoms with E-state index < -0.39 is 18.4 Å². The first-order valence-corrected chi connectivity index (χ1v) is 6.37. The summed E-state index contributed by atoms with van der Waals surface area (Å²) in [5.41, 5.74) is 6.73. The summed E-state index contributed by atoms with van der Waals surface area (Å²) in [5, 5.41) is 23.8. The normalized spacial score (nSPS) is 25.0. The zero-order valence-corrected chi connectivity index (χ0v) is 11.1. The van der Waals surface area contributed by atoms with E-state index in [1.807, 2.05) is 0 Å². The molecule has 0 aliphatic carbocycles. The van der Waals surface area contributed by atoms with Gasteiger partial charge in [0.05, 0.1) is 18.1 Å². The molecule has 1 aliphatic heterocycles. The number of ether oxygens (including phenoxy) is 1. The third-order valence-corrected chi connectivity index (χ3v) is 3.38. The van der Waals surface area contributed by atoms with Gasteiger partial charge in [-0.25, -0.2) is 14.6 Å².